The van der Waals surface area contributed by atoms with Crippen molar-refractivity contribution >= 4 is 23.4 Å². The lowest BCUT2D eigenvalue weighted by Gasteiger charge is -2.54. The molecule has 4 rings (SSSR count). The van der Waals surface area contributed by atoms with E-state index in [1.807, 2.05) is 18.0 Å². The second kappa shape index (κ2) is 12.7. The number of nitrogens with two attached hydrogens (primary N) is 1. The number of halogens is 2. The van der Waals surface area contributed by atoms with Crippen molar-refractivity contribution in [1.29, 1.82) is 0 Å². The molecule has 3 aliphatic rings. The van der Waals surface area contributed by atoms with Gasteiger partial charge < -0.3 is 31.5 Å². The van der Waals surface area contributed by atoms with E-state index in [2.05, 4.69) is 32.8 Å². The number of rotatable bonds is 8. The van der Waals surface area contributed by atoms with Crippen LogP contribution < -0.4 is 31.6 Å². The first-order valence-corrected chi connectivity index (χ1v) is 14.3. The van der Waals surface area contributed by atoms with Gasteiger partial charge in [-0.25, -0.2) is 8.78 Å². The van der Waals surface area contributed by atoms with Crippen molar-refractivity contribution in [3.8, 4) is 0 Å². The molecule has 39 heavy (non-hydrogen) atoms. The van der Waals surface area contributed by atoms with Gasteiger partial charge >= 0.3 is 0 Å². The molecule has 216 valence electrons. The number of nitrogens with one attached hydrogen (secondary N) is 4. The first-order valence-electron chi connectivity index (χ1n) is 14.3. The van der Waals surface area contributed by atoms with Crippen molar-refractivity contribution < 1.29 is 18.6 Å². The number of alkyl halides is 2. The fourth-order valence-electron chi connectivity index (χ4n) is 6.77. The quantitative estimate of drug-likeness (QED) is 0.312. The Morgan fingerprint density at radius 2 is 2.03 bits per heavy atom. The molecule has 8 nitrogen and oxygen atoms in total. The maximum atomic E-state index is 14.4. The van der Waals surface area contributed by atoms with E-state index in [9.17, 15) is 13.6 Å². The van der Waals surface area contributed by atoms with Crippen molar-refractivity contribution in [2.45, 2.75) is 70.1 Å². The van der Waals surface area contributed by atoms with Crippen molar-refractivity contribution in [2.24, 2.45) is 11.7 Å². The number of allylic oxidation sites excluding steroid dienone is 1. The number of nitrogens with zero attached hydrogens (tertiary/aromatic N) is 2. The van der Waals surface area contributed by atoms with E-state index >= 15 is 0 Å². The number of fused-ring (bicyclic) bond motifs is 1. The molecule has 1 amide bonds. The summed E-state index contributed by atoms with van der Waals surface area (Å²) in [6.45, 7) is 7.98. The summed E-state index contributed by atoms with van der Waals surface area (Å²) in [6, 6.07) is 3.96. The Labute approximate surface area is 231 Å². The number of hydrogen-bond donors (Lipinski definition) is 5. The van der Waals surface area contributed by atoms with Gasteiger partial charge in [0, 0.05) is 61.5 Å². The third-order valence-electron chi connectivity index (χ3n) is 8.90. The first-order chi connectivity index (χ1) is 18.7. The van der Waals surface area contributed by atoms with Gasteiger partial charge in [-0.05, 0) is 82.4 Å². The van der Waals surface area contributed by atoms with Gasteiger partial charge in [0.15, 0.2) is 6.21 Å². The van der Waals surface area contributed by atoms with Crippen molar-refractivity contribution in [3.63, 3.8) is 0 Å². The van der Waals surface area contributed by atoms with Crippen LogP contribution in [0.2, 0.25) is 0 Å². The topological polar surface area (TPSA) is 99.6 Å². The van der Waals surface area contributed by atoms with Gasteiger partial charge in [0.25, 0.3) is 6.43 Å². The van der Waals surface area contributed by atoms with E-state index in [4.69, 9.17) is 5.73 Å². The predicted octanol–water partition coefficient (Wildman–Crippen LogP) is 0.972. The highest BCUT2D eigenvalue weighted by Gasteiger charge is 2.47. The van der Waals surface area contributed by atoms with Crippen LogP contribution in [0.15, 0.2) is 18.3 Å². The standard InChI is InChI=1S/C29H45F2N7O/c1-19(39)37-13-9-29(2,36-22-7-10-35-11-8-22)25(18-37)28(34-4)38-12-5-6-20-14-23(21(16-32)17-33-3)24(27(30)31)15-26(20)38/h14-17,22,25,27-28,34-36H,5-13,18,32H2,1-4H3/p+1/b21-16+,33-17?. The smallest absolute Gasteiger partial charge is 0.264 e. The molecule has 1 aromatic rings. The van der Waals surface area contributed by atoms with Crippen molar-refractivity contribution in [1.82, 2.24) is 20.9 Å². The maximum Gasteiger partial charge on any atom is 0.264 e. The fraction of sp³-hybridized carbons (Fsp3) is 0.655. The van der Waals surface area contributed by atoms with Crippen molar-refractivity contribution in [3.05, 3.63) is 35.0 Å². The highest BCUT2D eigenvalue weighted by Crippen LogP contribution is 2.40. The van der Waals surface area contributed by atoms with Crippen LogP contribution >= 0.6 is 0 Å². The van der Waals surface area contributed by atoms with E-state index in [1.165, 1.54) is 6.20 Å². The Bertz CT molecular complexity index is 1070. The average Bonchev–Trinajstić information content (AvgIpc) is 2.92. The zero-order chi connectivity index (χ0) is 28.2. The number of carbonyl (C=O) groups excluding carboxylic acids is 1. The number of amides is 1. The normalized spacial score (nSPS) is 25.8. The summed E-state index contributed by atoms with van der Waals surface area (Å²) in [5.74, 6) is 0.122. The second-order valence-electron chi connectivity index (χ2n) is 11.4. The Hall–Kier alpha value is -2.56. The summed E-state index contributed by atoms with van der Waals surface area (Å²) in [5, 5.41) is 11.0. The predicted molar refractivity (Wildman–Crippen MR) is 153 cm³/mol. The van der Waals surface area contributed by atoms with Gasteiger partial charge in [-0.2, -0.15) is 0 Å². The Kier molecular flexibility index (Phi) is 9.61. The van der Waals surface area contributed by atoms with Gasteiger partial charge in [0.2, 0.25) is 5.91 Å². The maximum absolute atomic E-state index is 14.4. The molecule has 10 heteroatoms. The minimum Gasteiger partial charge on any atom is -0.404 e. The minimum atomic E-state index is -2.64. The van der Waals surface area contributed by atoms with Crippen LogP contribution in [-0.2, 0) is 11.2 Å². The monoisotopic (exact) mass is 546 g/mol. The number of anilines is 1. The summed E-state index contributed by atoms with van der Waals surface area (Å²) in [5.41, 5.74) is 8.47. The zero-order valence-corrected chi connectivity index (χ0v) is 23.8. The van der Waals surface area contributed by atoms with Crippen LogP contribution in [0.3, 0.4) is 0 Å². The molecule has 2 saturated heterocycles. The van der Waals surface area contributed by atoms with Crippen LogP contribution in [0.5, 0.6) is 0 Å². The van der Waals surface area contributed by atoms with E-state index in [-0.39, 0.29) is 29.1 Å². The van der Waals surface area contributed by atoms with E-state index in [0.717, 1.165) is 63.0 Å². The number of aryl methyl sites for hydroxylation is 1. The largest absolute Gasteiger partial charge is 0.404 e. The third-order valence-corrected chi connectivity index (χ3v) is 8.90. The Balaban J connectivity index is 1.74. The lowest BCUT2D eigenvalue weighted by atomic mass is 9.75. The lowest BCUT2D eigenvalue weighted by Crippen LogP contribution is -2.69. The number of likely N-dealkylation sites (tertiary alicyclic amines) is 1. The second-order valence-corrected chi connectivity index (χ2v) is 11.4. The summed E-state index contributed by atoms with van der Waals surface area (Å²) < 4.78 is 28.9. The molecule has 0 bridgehead atoms. The molecule has 3 aliphatic heterocycles. The molecule has 0 saturated carbocycles. The molecule has 3 unspecified atom stereocenters. The molecule has 2 fully saturated rings. The fourth-order valence-corrected chi connectivity index (χ4v) is 6.77. The highest BCUT2D eigenvalue weighted by atomic mass is 19.3. The molecular formula is C29H46F2N7O+. The third kappa shape index (κ3) is 6.28. The van der Waals surface area contributed by atoms with Gasteiger partial charge in [-0.3, -0.25) is 9.79 Å². The zero-order valence-electron chi connectivity index (χ0n) is 23.8. The van der Waals surface area contributed by atoms with Crippen LogP contribution in [-0.4, -0.2) is 81.6 Å². The number of benzene rings is 1. The molecule has 0 aliphatic carbocycles. The molecule has 0 aromatic heterocycles. The first kappa shape index (κ1) is 29.4. The molecule has 1 aromatic carbocycles. The van der Waals surface area contributed by atoms with E-state index in [1.54, 1.807) is 26.3 Å². The summed E-state index contributed by atoms with van der Waals surface area (Å²) in [6.07, 6.45) is 4.94. The lowest BCUT2D eigenvalue weighted by molar-refractivity contribution is -0.412. The molecule has 0 radical (unpaired) electrons. The molecule has 3 heterocycles. The number of hydrogen-bond acceptors (Lipinski definition) is 6. The van der Waals surface area contributed by atoms with Gasteiger partial charge in [-0.1, -0.05) is 0 Å². The van der Waals surface area contributed by atoms with Gasteiger partial charge in [-0.15, -0.1) is 0 Å². The minimum absolute atomic E-state index is 0.0247. The molecular weight excluding hydrogens is 500 g/mol. The number of piperidine rings is 2. The van der Waals surface area contributed by atoms with Crippen LogP contribution in [0.25, 0.3) is 5.57 Å². The molecule has 6 N–H and O–H groups in total. The van der Waals surface area contributed by atoms with Crippen LogP contribution in [0.4, 0.5) is 14.5 Å². The summed E-state index contributed by atoms with van der Waals surface area (Å²) in [7, 11) is 3.67. The van der Waals surface area contributed by atoms with Crippen molar-refractivity contribution in [2.75, 3.05) is 51.7 Å². The number of carbonyl (C=O) groups is 1. The molecule has 0 spiro atoms. The average molecular weight is 547 g/mol. The van der Waals surface area contributed by atoms with E-state index in [0.29, 0.717) is 30.3 Å². The van der Waals surface area contributed by atoms with Crippen LogP contribution in [0, 0.1) is 5.92 Å². The summed E-state index contributed by atoms with van der Waals surface area (Å²) >= 11 is 0. The Morgan fingerprint density at radius 3 is 2.64 bits per heavy atom. The SMILES string of the molecule is CNC(C1CN(C(C)=O)CCC1(C)NC1CCNCC1)N1CCCc2cc(/C(C=[NH+]C)=C/N)c(C(F)F)cc21. The van der Waals surface area contributed by atoms with Gasteiger partial charge in [0.05, 0.1) is 11.7 Å². The van der Waals surface area contributed by atoms with Gasteiger partial charge in [0.1, 0.15) is 7.05 Å². The van der Waals surface area contributed by atoms with Crippen LogP contribution in [0.1, 0.15) is 62.6 Å². The molecule has 3 atom stereocenters. The highest BCUT2D eigenvalue weighted by molar-refractivity contribution is 6.07. The summed E-state index contributed by atoms with van der Waals surface area (Å²) in [4.78, 5) is 19.6. The van der Waals surface area contributed by atoms with E-state index < -0.39 is 6.43 Å². The Morgan fingerprint density at radius 1 is 1.28 bits per heavy atom.